The molecule has 0 atom stereocenters. The van der Waals surface area contributed by atoms with E-state index in [1.807, 2.05) is 19.9 Å². The van der Waals surface area contributed by atoms with Gasteiger partial charge < -0.3 is 15.4 Å². The lowest BCUT2D eigenvalue weighted by molar-refractivity contribution is 0.242. The van der Waals surface area contributed by atoms with E-state index in [2.05, 4.69) is 16.7 Å². The molecule has 0 saturated carbocycles. The van der Waals surface area contributed by atoms with Gasteiger partial charge in [-0.2, -0.15) is 0 Å². The van der Waals surface area contributed by atoms with Crippen molar-refractivity contribution < 1.29 is 9.53 Å². The van der Waals surface area contributed by atoms with Crippen LogP contribution in [0.5, 0.6) is 5.75 Å². The highest BCUT2D eigenvalue weighted by molar-refractivity contribution is 5.73. The minimum Gasteiger partial charge on any atom is -0.496 e. The summed E-state index contributed by atoms with van der Waals surface area (Å²) in [5.41, 5.74) is 3.28. The van der Waals surface area contributed by atoms with Gasteiger partial charge in [0.05, 0.1) is 7.11 Å². The monoisotopic (exact) mass is 222 g/mol. The Hall–Kier alpha value is -1.71. The van der Waals surface area contributed by atoms with Gasteiger partial charge in [-0.3, -0.25) is 0 Å². The van der Waals surface area contributed by atoms with E-state index in [0.29, 0.717) is 6.54 Å². The van der Waals surface area contributed by atoms with Crippen molar-refractivity contribution in [3.05, 3.63) is 28.8 Å². The van der Waals surface area contributed by atoms with Gasteiger partial charge in [0.2, 0.25) is 0 Å². The van der Waals surface area contributed by atoms with E-state index >= 15 is 0 Å². The van der Waals surface area contributed by atoms with Crippen LogP contribution >= 0.6 is 0 Å². The van der Waals surface area contributed by atoms with Crippen molar-refractivity contribution in [2.45, 2.75) is 20.4 Å². The van der Waals surface area contributed by atoms with Crippen LogP contribution in [0.3, 0.4) is 0 Å². The Morgan fingerprint density at radius 1 is 1.38 bits per heavy atom. The number of nitrogens with one attached hydrogen (secondary N) is 2. The highest BCUT2D eigenvalue weighted by Gasteiger charge is 2.08. The molecule has 0 heterocycles. The highest BCUT2D eigenvalue weighted by Crippen LogP contribution is 2.23. The number of urea groups is 1. The number of hydrogen-bond acceptors (Lipinski definition) is 2. The second-order valence-electron chi connectivity index (χ2n) is 3.70. The van der Waals surface area contributed by atoms with Crippen LogP contribution in [0.2, 0.25) is 0 Å². The number of methoxy groups -OCH3 is 1. The van der Waals surface area contributed by atoms with E-state index in [0.717, 1.165) is 22.4 Å². The predicted octanol–water partition coefficient (Wildman–Crippen LogP) is 1.74. The lowest BCUT2D eigenvalue weighted by Crippen LogP contribution is -2.32. The average Bonchev–Trinajstić information content (AvgIpc) is 2.26. The maximum atomic E-state index is 11.1. The zero-order valence-electron chi connectivity index (χ0n) is 10.2. The quantitative estimate of drug-likeness (QED) is 0.818. The van der Waals surface area contributed by atoms with Crippen LogP contribution in [0.15, 0.2) is 12.1 Å². The summed E-state index contributed by atoms with van der Waals surface area (Å²) in [4.78, 5) is 11.1. The number of carbonyl (C=O) groups excluding carboxylic acids is 1. The minimum absolute atomic E-state index is 0.193. The summed E-state index contributed by atoms with van der Waals surface area (Å²) in [6, 6.07) is 3.85. The Kier molecular flexibility index (Phi) is 4.17. The molecular formula is C12H18N2O2. The molecule has 88 valence electrons. The summed E-state index contributed by atoms with van der Waals surface area (Å²) >= 11 is 0. The maximum Gasteiger partial charge on any atom is 0.314 e. The molecule has 0 unspecified atom stereocenters. The van der Waals surface area contributed by atoms with Crippen molar-refractivity contribution in [3.63, 3.8) is 0 Å². The molecule has 1 aromatic carbocycles. The van der Waals surface area contributed by atoms with Crippen molar-refractivity contribution in [1.82, 2.24) is 10.6 Å². The molecule has 0 aliphatic rings. The molecular weight excluding hydrogens is 204 g/mol. The predicted molar refractivity (Wildman–Crippen MR) is 63.8 cm³/mol. The van der Waals surface area contributed by atoms with E-state index in [9.17, 15) is 4.79 Å². The van der Waals surface area contributed by atoms with Gasteiger partial charge in [-0.25, -0.2) is 4.79 Å². The zero-order valence-corrected chi connectivity index (χ0v) is 10.2. The maximum absolute atomic E-state index is 11.1. The van der Waals surface area contributed by atoms with Crippen molar-refractivity contribution in [3.8, 4) is 5.75 Å². The molecule has 16 heavy (non-hydrogen) atoms. The Morgan fingerprint density at radius 3 is 2.62 bits per heavy atom. The van der Waals surface area contributed by atoms with Crippen LogP contribution in [0, 0.1) is 13.8 Å². The number of aryl methyl sites for hydroxylation is 2. The SMILES string of the molecule is CNC(=O)NCc1c(C)cc(C)cc1OC. The first-order valence-electron chi connectivity index (χ1n) is 5.18. The number of amides is 2. The second-order valence-corrected chi connectivity index (χ2v) is 3.70. The van der Waals surface area contributed by atoms with Gasteiger partial charge in [0.15, 0.2) is 0 Å². The Bertz CT molecular complexity index is 389. The van der Waals surface area contributed by atoms with Crippen LogP contribution in [0.25, 0.3) is 0 Å². The molecule has 0 radical (unpaired) electrons. The lowest BCUT2D eigenvalue weighted by Gasteiger charge is -2.13. The van der Waals surface area contributed by atoms with Crippen molar-refractivity contribution in [1.29, 1.82) is 0 Å². The van der Waals surface area contributed by atoms with Crippen LogP contribution in [-0.2, 0) is 6.54 Å². The van der Waals surface area contributed by atoms with Gasteiger partial charge in [0, 0.05) is 19.2 Å². The van der Waals surface area contributed by atoms with Crippen LogP contribution in [-0.4, -0.2) is 20.2 Å². The van der Waals surface area contributed by atoms with E-state index in [1.165, 1.54) is 0 Å². The van der Waals surface area contributed by atoms with Gasteiger partial charge >= 0.3 is 6.03 Å². The summed E-state index contributed by atoms with van der Waals surface area (Å²) in [5, 5.41) is 5.27. The fraction of sp³-hybridized carbons (Fsp3) is 0.417. The normalized spacial score (nSPS) is 9.75. The lowest BCUT2D eigenvalue weighted by atomic mass is 10.0. The molecule has 0 bridgehead atoms. The first-order valence-corrected chi connectivity index (χ1v) is 5.18. The van der Waals surface area contributed by atoms with Gasteiger partial charge in [-0.1, -0.05) is 6.07 Å². The fourth-order valence-corrected chi connectivity index (χ4v) is 1.62. The summed E-state index contributed by atoms with van der Waals surface area (Å²) < 4.78 is 5.30. The Labute approximate surface area is 96.0 Å². The molecule has 0 fully saturated rings. The smallest absolute Gasteiger partial charge is 0.314 e. The van der Waals surface area contributed by atoms with Crippen LogP contribution in [0.1, 0.15) is 16.7 Å². The highest BCUT2D eigenvalue weighted by atomic mass is 16.5. The van der Waals surface area contributed by atoms with E-state index in [-0.39, 0.29) is 6.03 Å². The zero-order chi connectivity index (χ0) is 12.1. The molecule has 0 saturated heterocycles. The van der Waals surface area contributed by atoms with Gasteiger partial charge in [0.1, 0.15) is 5.75 Å². The number of ether oxygens (including phenoxy) is 1. The van der Waals surface area contributed by atoms with Crippen LogP contribution < -0.4 is 15.4 Å². The van der Waals surface area contributed by atoms with Crippen molar-refractivity contribution in [2.75, 3.05) is 14.2 Å². The minimum atomic E-state index is -0.193. The summed E-state index contributed by atoms with van der Waals surface area (Å²) in [6.07, 6.45) is 0. The van der Waals surface area contributed by atoms with Gasteiger partial charge in [-0.05, 0) is 31.0 Å². The summed E-state index contributed by atoms with van der Waals surface area (Å²) in [6.45, 7) is 4.50. The molecule has 1 aromatic rings. The number of hydrogen-bond donors (Lipinski definition) is 2. The summed E-state index contributed by atoms with van der Waals surface area (Å²) in [5.74, 6) is 0.814. The molecule has 1 rings (SSSR count). The third kappa shape index (κ3) is 2.89. The van der Waals surface area contributed by atoms with Gasteiger partial charge in [-0.15, -0.1) is 0 Å². The number of benzene rings is 1. The third-order valence-electron chi connectivity index (χ3n) is 2.45. The van der Waals surface area contributed by atoms with E-state index in [4.69, 9.17) is 4.74 Å². The van der Waals surface area contributed by atoms with Crippen molar-refractivity contribution in [2.24, 2.45) is 0 Å². The molecule has 4 heteroatoms. The van der Waals surface area contributed by atoms with E-state index < -0.39 is 0 Å². The second kappa shape index (κ2) is 5.39. The third-order valence-corrected chi connectivity index (χ3v) is 2.45. The Balaban J connectivity index is 2.89. The van der Waals surface area contributed by atoms with Crippen LogP contribution in [0.4, 0.5) is 4.79 Å². The fourth-order valence-electron chi connectivity index (χ4n) is 1.62. The molecule has 4 nitrogen and oxygen atoms in total. The number of rotatable bonds is 3. The Morgan fingerprint density at radius 2 is 2.06 bits per heavy atom. The molecule has 2 amide bonds. The molecule has 2 N–H and O–H groups in total. The number of carbonyl (C=O) groups is 1. The average molecular weight is 222 g/mol. The van der Waals surface area contributed by atoms with Gasteiger partial charge in [0.25, 0.3) is 0 Å². The largest absolute Gasteiger partial charge is 0.496 e. The molecule has 0 aliphatic carbocycles. The molecule has 0 aliphatic heterocycles. The topological polar surface area (TPSA) is 50.4 Å². The first kappa shape index (κ1) is 12.4. The van der Waals surface area contributed by atoms with Crippen molar-refractivity contribution >= 4 is 6.03 Å². The van der Waals surface area contributed by atoms with E-state index in [1.54, 1.807) is 14.2 Å². The summed E-state index contributed by atoms with van der Waals surface area (Å²) in [7, 11) is 3.23. The molecule has 0 aromatic heterocycles. The standard InChI is InChI=1S/C12H18N2O2/c1-8-5-9(2)10(11(6-8)16-4)7-14-12(15)13-3/h5-6H,7H2,1-4H3,(H2,13,14,15). The first-order chi connectivity index (χ1) is 7.58. The molecule has 0 spiro atoms.